The molecule has 2 fully saturated rings. The summed E-state index contributed by atoms with van der Waals surface area (Å²) in [6.45, 7) is 5.40. The van der Waals surface area contributed by atoms with Gasteiger partial charge in [0, 0.05) is 24.5 Å². The fraction of sp³-hybridized carbons (Fsp3) is 0.667. The Bertz CT molecular complexity index is 574. The molecule has 1 N–H and O–H groups in total. The first-order valence-electron chi connectivity index (χ1n) is 7.48. The van der Waals surface area contributed by atoms with Crippen molar-refractivity contribution in [3.8, 4) is 0 Å². The number of ether oxygens (including phenoxy) is 2. The Morgan fingerprint density at radius 2 is 2.09 bits per heavy atom. The van der Waals surface area contributed by atoms with E-state index in [-0.39, 0.29) is 11.6 Å². The molecule has 2 saturated heterocycles. The average Bonchev–Trinajstić information content (AvgIpc) is 3.09. The van der Waals surface area contributed by atoms with E-state index < -0.39 is 23.3 Å². The summed E-state index contributed by atoms with van der Waals surface area (Å²) in [5, 5.41) is 2.69. The molecular formula is C15H20N2O5. The van der Waals surface area contributed by atoms with Gasteiger partial charge >= 0.3 is 5.97 Å². The van der Waals surface area contributed by atoms with Gasteiger partial charge in [-0.25, -0.2) is 9.78 Å². The number of hydrogen-bond acceptors (Lipinski definition) is 6. The van der Waals surface area contributed by atoms with Crippen LogP contribution < -0.4 is 5.32 Å². The molecule has 0 unspecified atom stereocenters. The minimum absolute atomic E-state index is 0.184. The van der Waals surface area contributed by atoms with E-state index in [2.05, 4.69) is 10.3 Å². The topological polar surface area (TPSA) is 90.7 Å². The number of hydrogen-bond donors (Lipinski definition) is 1. The summed E-state index contributed by atoms with van der Waals surface area (Å²) in [4.78, 5) is 28.2. The molecule has 3 rings (SSSR count). The molecule has 0 aliphatic carbocycles. The van der Waals surface area contributed by atoms with Crippen LogP contribution in [0.5, 0.6) is 0 Å². The van der Waals surface area contributed by atoms with Crippen molar-refractivity contribution in [1.29, 1.82) is 0 Å². The van der Waals surface area contributed by atoms with Crippen molar-refractivity contribution >= 4 is 11.9 Å². The summed E-state index contributed by atoms with van der Waals surface area (Å²) in [5.41, 5.74) is -0.239. The highest BCUT2D eigenvalue weighted by Gasteiger charge is 2.44. The van der Waals surface area contributed by atoms with Crippen LogP contribution in [0.4, 0.5) is 0 Å². The molecule has 7 nitrogen and oxygen atoms in total. The van der Waals surface area contributed by atoms with Gasteiger partial charge in [0.2, 0.25) is 0 Å². The number of carbonyl (C=O) groups is 2. The zero-order valence-electron chi connectivity index (χ0n) is 12.8. The molecule has 0 aromatic carbocycles. The normalized spacial score (nSPS) is 25.0. The Kier molecular flexibility index (Phi) is 3.90. The number of esters is 1. The van der Waals surface area contributed by atoms with Crippen LogP contribution in [0.3, 0.4) is 0 Å². The van der Waals surface area contributed by atoms with E-state index in [1.807, 2.05) is 13.8 Å². The number of aromatic nitrogens is 1. The lowest BCUT2D eigenvalue weighted by molar-refractivity contribution is -0.139. The lowest BCUT2D eigenvalue weighted by Crippen LogP contribution is -2.46. The second-order valence-electron chi connectivity index (χ2n) is 6.46. The molecule has 22 heavy (non-hydrogen) atoms. The third-order valence-corrected chi connectivity index (χ3v) is 4.20. The number of amides is 1. The maximum Gasteiger partial charge on any atom is 0.329 e. The number of carbonyl (C=O) groups excluding carboxylic acids is 2. The standard InChI is InChI=1S/C15H20N2O5/c1-15(2)8-22-14(19)11(15)17-12(18)10-7-21-13(16-10)9-3-5-20-6-4-9/h7,9,11H,3-6,8H2,1-2H3,(H,17,18)/t11-/m0/s1. The molecule has 2 aliphatic rings. The van der Waals surface area contributed by atoms with Crippen molar-refractivity contribution in [2.24, 2.45) is 5.41 Å². The maximum absolute atomic E-state index is 12.3. The number of nitrogens with one attached hydrogen (secondary N) is 1. The van der Waals surface area contributed by atoms with Gasteiger partial charge in [0.25, 0.3) is 5.91 Å². The molecule has 0 saturated carbocycles. The molecule has 1 aromatic rings. The third kappa shape index (κ3) is 2.85. The molecule has 1 amide bonds. The first-order valence-corrected chi connectivity index (χ1v) is 7.48. The largest absolute Gasteiger partial charge is 0.463 e. The second kappa shape index (κ2) is 5.72. The Morgan fingerprint density at radius 1 is 1.36 bits per heavy atom. The fourth-order valence-corrected chi connectivity index (χ4v) is 2.73. The van der Waals surface area contributed by atoms with Gasteiger partial charge in [0.15, 0.2) is 11.6 Å². The highest BCUT2D eigenvalue weighted by atomic mass is 16.5. The van der Waals surface area contributed by atoms with Gasteiger partial charge < -0.3 is 19.2 Å². The van der Waals surface area contributed by atoms with Gasteiger partial charge in [-0.3, -0.25) is 4.79 Å². The van der Waals surface area contributed by atoms with Crippen LogP contribution >= 0.6 is 0 Å². The lowest BCUT2D eigenvalue weighted by Gasteiger charge is -2.22. The predicted molar refractivity (Wildman–Crippen MR) is 75.3 cm³/mol. The number of oxazole rings is 1. The van der Waals surface area contributed by atoms with Gasteiger partial charge in [0.05, 0.1) is 6.61 Å². The third-order valence-electron chi connectivity index (χ3n) is 4.20. The summed E-state index contributed by atoms with van der Waals surface area (Å²) < 4.78 is 15.7. The van der Waals surface area contributed by atoms with Crippen LogP contribution in [0, 0.1) is 5.41 Å². The van der Waals surface area contributed by atoms with E-state index in [1.54, 1.807) is 0 Å². The van der Waals surface area contributed by atoms with Gasteiger partial charge in [-0.05, 0) is 12.8 Å². The fourth-order valence-electron chi connectivity index (χ4n) is 2.73. The van der Waals surface area contributed by atoms with Crippen molar-refractivity contribution in [1.82, 2.24) is 10.3 Å². The van der Waals surface area contributed by atoms with E-state index in [4.69, 9.17) is 13.9 Å². The first-order chi connectivity index (χ1) is 10.5. The minimum atomic E-state index is -0.664. The van der Waals surface area contributed by atoms with E-state index >= 15 is 0 Å². The van der Waals surface area contributed by atoms with E-state index in [1.165, 1.54) is 6.26 Å². The highest BCUT2D eigenvalue weighted by Crippen LogP contribution is 2.29. The molecular weight excluding hydrogens is 288 g/mol. The van der Waals surface area contributed by atoms with Crippen molar-refractivity contribution in [3.05, 3.63) is 17.8 Å². The van der Waals surface area contributed by atoms with E-state index in [0.29, 0.717) is 25.7 Å². The van der Waals surface area contributed by atoms with Crippen LogP contribution in [0.15, 0.2) is 10.7 Å². The molecule has 1 aromatic heterocycles. The molecule has 7 heteroatoms. The van der Waals surface area contributed by atoms with Gasteiger partial charge in [-0.1, -0.05) is 13.8 Å². The summed E-state index contributed by atoms with van der Waals surface area (Å²) >= 11 is 0. The lowest BCUT2D eigenvalue weighted by atomic mass is 9.87. The predicted octanol–water partition coefficient (Wildman–Crippen LogP) is 1.25. The van der Waals surface area contributed by atoms with Crippen LogP contribution in [0.25, 0.3) is 0 Å². The molecule has 0 spiro atoms. The van der Waals surface area contributed by atoms with Crippen LogP contribution in [-0.2, 0) is 14.3 Å². The summed E-state index contributed by atoms with van der Waals surface area (Å²) in [6.07, 6.45) is 3.01. The highest BCUT2D eigenvalue weighted by molar-refractivity contribution is 5.95. The van der Waals surface area contributed by atoms with Crippen molar-refractivity contribution in [2.45, 2.75) is 38.6 Å². The Morgan fingerprint density at radius 3 is 2.73 bits per heavy atom. The first kappa shape index (κ1) is 15.0. The Hall–Kier alpha value is -1.89. The van der Waals surface area contributed by atoms with Gasteiger partial charge in [-0.2, -0.15) is 0 Å². The second-order valence-corrected chi connectivity index (χ2v) is 6.46. The quantitative estimate of drug-likeness (QED) is 0.845. The van der Waals surface area contributed by atoms with Crippen LogP contribution in [0.1, 0.15) is 49.0 Å². The zero-order valence-corrected chi connectivity index (χ0v) is 12.8. The van der Waals surface area contributed by atoms with Crippen LogP contribution in [-0.4, -0.2) is 42.7 Å². The SMILES string of the molecule is CC1(C)COC(=O)[C@@H]1NC(=O)c1coc(C2CCOCC2)n1. The van der Waals surface area contributed by atoms with Crippen molar-refractivity contribution in [3.63, 3.8) is 0 Å². The summed E-state index contributed by atoms with van der Waals surface area (Å²) in [6, 6.07) is -0.664. The molecule has 0 bridgehead atoms. The molecule has 1 atom stereocenters. The Balaban J connectivity index is 1.68. The number of rotatable bonds is 3. The summed E-state index contributed by atoms with van der Waals surface area (Å²) in [7, 11) is 0. The Labute approximate surface area is 128 Å². The van der Waals surface area contributed by atoms with Gasteiger partial charge in [0.1, 0.15) is 12.3 Å². The van der Waals surface area contributed by atoms with E-state index in [9.17, 15) is 9.59 Å². The van der Waals surface area contributed by atoms with Crippen molar-refractivity contribution < 1.29 is 23.5 Å². The molecule has 0 radical (unpaired) electrons. The average molecular weight is 308 g/mol. The number of nitrogens with zero attached hydrogens (tertiary/aromatic N) is 1. The van der Waals surface area contributed by atoms with Crippen LogP contribution in [0.2, 0.25) is 0 Å². The number of cyclic esters (lactones) is 1. The minimum Gasteiger partial charge on any atom is -0.463 e. The maximum atomic E-state index is 12.3. The summed E-state index contributed by atoms with van der Waals surface area (Å²) in [5.74, 6) is -0.0876. The van der Waals surface area contributed by atoms with Crippen molar-refractivity contribution in [2.75, 3.05) is 19.8 Å². The molecule has 3 heterocycles. The smallest absolute Gasteiger partial charge is 0.329 e. The monoisotopic (exact) mass is 308 g/mol. The van der Waals surface area contributed by atoms with E-state index in [0.717, 1.165) is 12.8 Å². The molecule has 2 aliphatic heterocycles. The zero-order chi connectivity index (χ0) is 15.7. The molecule has 120 valence electrons. The van der Waals surface area contributed by atoms with Gasteiger partial charge in [-0.15, -0.1) is 0 Å².